The van der Waals surface area contributed by atoms with E-state index < -0.39 is 0 Å². The highest BCUT2D eigenvalue weighted by molar-refractivity contribution is 5.76. The molecular weight excluding hydrogens is 252 g/mol. The standard InChI is InChI=1S/C15H26N4O/c1-4-8-17-13-10-14(12-16-11-13)18-9-7-15(20)19(5-2)6-3/h10-12,17-18H,4-9H2,1-3H3. The van der Waals surface area contributed by atoms with Gasteiger partial charge in [-0.25, -0.2) is 0 Å². The second kappa shape index (κ2) is 9.18. The van der Waals surface area contributed by atoms with E-state index in [9.17, 15) is 4.79 Å². The van der Waals surface area contributed by atoms with E-state index in [-0.39, 0.29) is 5.91 Å². The van der Waals surface area contributed by atoms with Gasteiger partial charge in [-0.1, -0.05) is 6.92 Å². The fourth-order valence-corrected chi connectivity index (χ4v) is 1.95. The third-order valence-corrected chi connectivity index (χ3v) is 3.10. The Morgan fingerprint density at radius 1 is 1.10 bits per heavy atom. The first-order chi connectivity index (χ1) is 9.71. The van der Waals surface area contributed by atoms with Crippen molar-refractivity contribution in [2.24, 2.45) is 0 Å². The molecule has 0 bridgehead atoms. The van der Waals surface area contributed by atoms with Gasteiger partial charge in [-0.05, 0) is 26.3 Å². The van der Waals surface area contributed by atoms with Gasteiger partial charge in [0, 0.05) is 32.6 Å². The molecule has 112 valence electrons. The molecule has 0 unspecified atom stereocenters. The van der Waals surface area contributed by atoms with Crippen molar-refractivity contribution in [3.63, 3.8) is 0 Å². The number of amides is 1. The summed E-state index contributed by atoms with van der Waals surface area (Å²) in [6.45, 7) is 9.24. The number of aromatic nitrogens is 1. The zero-order valence-corrected chi connectivity index (χ0v) is 12.8. The Morgan fingerprint density at radius 2 is 1.70 bits per heavy atom. The Bertz CT molecular complexity index is 405. The normalized spacial score (nSPS) is 10.2. The monoisotopic (exact) mass is 278 g/mol. The Labute approximate surface area is 121 Å². The molecule has 0 fully saturated rings. The lowest BCUT2D eigenvalue weighted by atomic mass is 10.3. The Hall–Kier alpha value is -1.78. The number of pyridine rings is 1. The minimum absolute atomic E-state index is 0.190. The predicted octanol–water partition coefficient (Wildman–Crippen LogP) is 2.57. The minimum Gasteiger partial charge on any atom is -0.384 e. The van der Waals surface area contributed by atoms with Gasteiger partial charge in [0.2, 0.25) is 5.91 Å². The summed E-state index contributed by atoms with van der Waals surface area (Å²) >= 11 is 0. The van der Waals surface area contributed by atoms with E-state index in [1.54, 1.807) is 6.20 Å². The fraction of sp³-hybridized carbons (Fsp3) is 0.600. The van der Waals surface area contributed by atoms with Gasteiger partial charge in [-0.15, -0.1) is 0 Å². The summed E-state index contributed by atoms with van der Waals surface area (Å²) in [6, 6.07) is 2.02. The van der Waals surface area contributed by atoms with Crippen LogP contribution in [0.4, 0.5) is 11.4 Å². The summed E-state index contributed by atoms with van der Waals surface area (Å²) in [7, 11) is 0. The summed E-state index contributed by atoms with van der Waals surface area (Å²) in [4.78, 5) is 17.9. The lowest BCUT2D eigenvalue weighted by molar-refractivity contribution is -0.130. The minimum atomic E-state index is 0.190. The quantitative estimate of drug-likeness (QED) is 0.729. The first-order valence-electron chi connectivity index (χ1n) is 7.41. The van der Waals surface area contributed by atoms with Crippen molar-refractivity contribution in [3.8, 4) is 0 Å². The van der Waals surface area contributed by atoms with E-state index in [1.165, 1.54) is 0 Å². The summed E-state index contributed by atoms with van der Waals surface area (Å²) in [5.41, 5.74) is 1.95. The summed E-state index contributed by atoms with van der Waals surface area (Å²) in [6.07, 6.45) is 5.17. The van der Waals surface area contributed by atoms with Crippen molar-refractivity contribution in [3.05, 3.63) is 18.5 Å². The van der Waals surface area contributed by atoms with Gasteiger partial charge in [-0.3, -0.25) is 9.78 Å². The van der Waals surface area contributed by atoms with Crippen molar-refractivity contribution in [1.82, 2.24) is 9.88 Å². The van der Waals surface area contributed by atoms with Crippen LogP contribution in [0, 0.1) is 0 Å². The first-order valence-corrected chi connectivity index (χ1v) is 7.41. The van der Waals surface area contributed by atoms with Crippen molar-refractivity contribution in [2.75, 3.05) is 36.8 Å². The third-order valence-electron chi connectivity index (χ3n) is 3.10. The number of hydrogen-bond acceptors (Lipinski definition) is 4. The maximum absolute atomic E-state index is 11.9. The number of anilines is 2. The highest BCUT2D eigenvalue weighted by atomic mass is 16.2. The van der Waals surface area contributed by atoms with E-state index in [0.717, 1.165) is 37.4 Å². The molecule has 0 aliphatic heterocycles. The molecule has 0 aliphatic rings. The number of nitrogens with one attached hydrogen (secondary N) is 2. The molecule has 5 nitrogen and oxygen atoms in total. The summed E-state index contributed by atoms with van der Waals surface area (Å²) < 4.78 is 0. The van der Waals surface area contributed by atoms with Crippen LogP contribution >= 0.6 is 0 Å². The van der Waals surface area contributed by atoms with Crippen molar-refractivity contribution >= 4 is 17.3 Å². The highest BCUT2D eigenvalue weighted by Crippen LogP contribution is 2.12. The molecule has 0 aromatic carbocycles. The molecule has 1 rings (SSSR count). The van der Waals surface area contributed by atoms with E-state index >= 15 is 0 Å². The molecule has 1 heterocycles. The maximum atomic E-state index is 11.9. The lowest BCUT2D eigenvalue weighted by Crippen LogP contribution is -2.31. The number of hydrogen-bond donors (Lipinski definition) is 2. The van der Waals surface area contributed by atoms with E-state index in [0.29, 0.717) is 13.0 Å². The molecule has 0 spiro atoms. The van der Waals surface area contributed by atoms with Crippen molar-refractivity contribution in [1.29, 1.82) is 0 Å². The molecule has 2 N–H and O–H groups in total. The number of rotatable bonds is 9. The zero-order chi connectivity index (χ0) is 14.8. The molecule has 0 aliphatic carbocycles. The summed E-state index contributed by atoms with van der Waals surface area (Å²) in [5.74, 6) is 0.190. The largest absolute Gasteiger partial charge is 0.384 e. The lowest BCUT2D eigenvalue weighted by Gasteiger charge is -2.18. The van der Waals surface area contributed by atoms with Gasteiger partial charge in [0.1, 0.15) is 0 Å². The van der Waals surface area contributed by atoms with Gasteiger partial charge in [0.05, 0.1) is 23.8 Å². The van der Waals surface area contributed by atoms with Crippen LogP contribution in [0.3, 0.4) is 0 Å². The Balaban J connectivity index is 2.39. The van der Waals surface area contributed by atoms with Crippen LogP contribution in [0.2, 0.25) is 0 Å². The van der Waals surface area contributed by atoms with Crippen LogP contribution in [-0.2, 0) is 4.79 Å². The molecule has 0 saturated carbocycles. The molecule has 1 aromatic rings. The molecular formula is C15H26N4O. The number of carbonyl (C=O) groups excluding carboxylic acids is 1. The third kappa shape index (κ3) is 5.47. The molecule has 0 saturated heterocycles. The van der Waals surface area contributed by atoms with Gasteiger partial charge < -0.3 is 15.5 Å². The van der Waals surface area contributed by atoms with Gasteiger partial charge >= 0.3 is 0 Å². The maximum Gasteiger partial charge on any atom is 0.224 e. The smallest absolute Gasteiger partial charge is 0.224 e. The van der Waals surface area contributed by atoms with Gasteiger partial charge in [0.25, 0.3) is 0 Å². The second-order valence-corrected chi connectivity index (χ2v) is 4.63. The van der Waals surface area contributed by atoms with Crippen LogP contribution in [-0.4, -0.2) is 42.0 Å². The van der Waals surface area contributed by atoms with E-state index in [2.05, 4.69) is 22.5 Å². The average molecular weight is 278 g/mol. The molecule has 1 aromatic heterocycles. The van der Waals surface area contributed by atoms with Gasteiger partial charge in [-0.2, -0.15) is 0 Å². The van der Waals surface area contributed by atoms with Crippen molar-refractivity contribution in [2.45, 2.75) is 33.6 Å². The van der Waals surface area contributed by atoms with Crippen LogP contribution < -0.4 is 10.6 Å². The zero-order valence-electron chi connectivity index (χ0n) is 12.8. The van der Waals surface area contributed by atoms with Crippen LogP contribution in [0.25, 0.3) is 0 Å². The molecule has 1 amide bonds. The molecule has 0 radical (unpaired) electrons. The Kier molecular flexibility index (Phi) is 7.47. The van der Waals surface area contributed by atoms with E-state index in [4.69, 9.17) is 0 Å². The van der Waals surface area contributed by atoms with Crippen LogP contribution in [0.15, 0.2) is 18.5 Å². The summed E-state index contributed by atoms with van der Waals surface area (Å²) in [5, 5.41) is 6.54. The fourth-order valence-electron chi connectivity index (χ4n) is 1.95. The second-order valence-electron chi connectivity index (χ2n) is 4.63. The SMILES string of the molecule is CCCNc1cncc(NCCC(=O)N(CC)CC)c1. The topological polar surface area (TPSA) is 57.3 Å². The molecule has 5 heteroatoms. The van der Waals surface area contributed by atoms with Gasteiger partial charge in [0.15, 0.2) is 0 Å². The average Bonchev–Trinajstić information content (AvgIpc) is 2.47. The van der Waals surface area contributed by atoms with E-state index in [1.807, 2.05) is 31.0 Å². The Morgan fingerprint density at radius 3 is 2.25 bits per heavy atom. The van der Waals surface area contributed by atoms with Crippen LogP contribution in [0.1, 0.15) is 33.6 Å². The molecule has 20 heavy (non-hydrogen) atoms. The first kappa shape index (κ1) is 16.3. The molecule has 0 atom stereocenters. The number of nitrogens with zero attached hydrogens (tertiary/aromatic N) is 2. The van der Waals surface area contributed by atoms with Crippen molar-refractivity contribution < 1.29 is 4.79 Å². The highest BCUT2D eigenvalue weighted by Gasteiger charge is 2.08. The van der Waals surface area contributed by atoms with Crippen LogP contribution in [0.5, 0.6) is 0 Å². The number of carbonyl (C=O) groups is 1. The predicted molar refractivity (Wildman–Crippen MR) is 84.1 cm³/mol.